The van der Waals surface area contributed by atoms with Gasteiger partial charge in [-0.1, -0.05) is 12.1 Å². The zero-order valence-corrected chi connectivity index (χ0v) is 12.3. The maximum Gasteiger partial charge on any atom is 0.338 e. The van der Waals surface area contributed by atoms with Gasteiger partial charge in [0.2, 0.25) is 0 Å². The molecule has 1 aromatic carbocycles. The second-order valence-electron chi connectivity index (χ2n) is 4.65. The topological polar surface area (TPSA) is 84.2 Å². The third kappa shape index (κ3) is 5.41. The van der Waals surface area contributed by atoms with Crippen molar-refractivity contribution < 1.29 is 17.9 Å². The lowest BCUT2D eigenvalue weighted by molar-refractivity contribution is 0.0378. The average molecular weight is 295 g/mol. The van der Waals surface area contributed by atoms with Crippen LogP contribution >= 0.6 is 0 Å². The highest BCUT2D eigenvalue weighted by atomic mass is 32.2. The lowest BCUT2D eigenvalue weighted by Crippen LogP contribution is -2.12. The fourth-order valence-electron chi connectivity index (χ4n) is 1.55. The Balaban J connectivity index is 2.72. The van der Waals surface area contributed by atoms with E-state index in [0.717, 1.165) is 0 Å². The Labute approximate surface area is 119 Å². The number of carbonyl (C=O) groups excluding carboxylic acids is 1. The SMILES string of the molecule is CC(C)OC(=O)c1ccc(CS(=O)(=O)CCC#N)cc1. The van der Waals surface area contributed by atoms with Gasteiger partial charge < -0.3 is 4.74 Å². The molecule has 0 aromatic heterocycles. The number of hydrogen-bond donors (Lipinski definition) is 0. The minimum Gasteiger partial charge on any atom is -0.459 e. The van der Waals surface area contributed by atoms with Gasteiger partial charge in [0.1, 0.15) is 0 Å². The zero-order valence-electron chi connectivity index (χ0n) is 11.5. The van der Waals surface area contributed by atoms with Gasteiger partial charge >= 0.3 is 5.97 Å². The number of rotatable bonds is 6. The molecule has 0 aliphatic carbocycles. The molecule has 0 spiro atoms. The summed E-state index contributed by atoms with van der Waals surface area (Å²) in [6, 6.07) is 8.06. The molecule has 20 heavy (non-hydrogen) atoms. The van der Waals surface area contributed by atoms with E-state index in [-0.39, 0.29) is 24.0 Å². The van der Waals surface area contributed by atoms with E-state index < -0.39 is 15.8 Å². The van der Waals surface area contributed by atoms with Crippen LogP contribution in [0, 0.1) is 11.3 Å². The Morgan fingerprint density at radius 2 is 1.90 bits per heavy atom. The Kier molecular flexibility index (Phi) is 5.71. The molecule has 0 heterocycles. The van der Waals surface area contributed by atoms with Crippen molar-refractivity contribution in [2.24, 2.45) is 0 Å². The van der Waals surface area contributed by atoms with Crippen molar-refractivity contribution in [3.05, 3.63) is 35.4 Å². The molecule has 0 saturated heterocycles. The van der Waals surface area contributed by atoms with Gasteiger partial charge in [0.05, 0.1) is 29.2 Å². The first-order valence-corrected chi connectivity index (χ1v) is 8.03. The third-order valence-electron chi connectivity index (χ3n) is 2.44. The predicted octanol–water partition coefficient (Wildman–Crippen LogP) is 2.08. The number of ether oxygens (including phenoxy) is 1. The number of sulfone groups is 1. The molecule has 0 aliphatic rings. The second-order valence-corrected chi connectivity index (χ2v) is 6.84. The quantitative estimate of drug-likeness (QED) is 0.750. The lowest BCUT2D eigenvalue weighted by atomic mass is 10.1. The van der Waals surface area contributed by atoms with Crippen LogP contribution in [0.5, 0.6) is 0 Å². The molecule has 108 valence electrons. The second kappa shape index (κ2) is 7.06. The molecule has 1 aromatic rings. The van der Waals surface area contributed by atoms with Gasteiger partial charge in [-0.25, -0.2) is 13.2 Å². The van der Waals surface area contributed by atoms with Crippen molar-refractivity contribution in [1.29, 1.82) is 5.26 Å². The van der Waals surface area contributed by atoms with E-state index in [4.69, 9.17) is 10.00 Å². The van der Waals surface area contributed by atoms with Crippen LogP contribution in [-0.4, -0.2) is 26.2 Å². The summed E-state index contributed by atoms with van der Waals surface area (Å²) in [5.74, 6) is -0.714. The maximum absolute atomic E-state index is 11.7. The third-order valence-corrected chi connectivity index (χ3v) is 4.04. The molecule has 0 aliphatic heterocycles. The van der Waals surface area contributed by atoms with Crippen molar-refractivity contribution in [2.75, 3.05) is 5.75 Å². The van der Waals surface area contributed by atoms with Crippen molar-refractivity contribution in [2.45, 2.75) is 32.1 Å². The van der Waals surface area contributed by atoms with Gasteiger partial charge in [-0.05, 0) is 31.5 Å². The molecule has 0 atom stereocenters. The number of nitriles is 1. The van der Waals surface area contributed by atoms with E-state index in [1.807, 2.05) is 6.07 Å². The highest BCUT2D eigenvalue weighted by molar-refractivity contribution is 7.90. The van der Waals surface area contributed by atoms with E-state index in [1.165, 1.54) is 0 Å². The fourth-order valence-corrected chi connectivity index (χ4v) is 2.79. The van der Waals surface area contributed by atoms with Crippen molar-refractivity contribution >= 4 is 15.8 Å². The van der Waals surface area contributed by atoms with Crippen molar-refractivity contribution in [3.63, 3.8) is 0 Å². The van der Waals surface area contributed by atoms with Crippen molar-refractivity contribution in [1.82, 2.24) is 0 Å². The Bertz CT molecular complexity index is 597. The van der Waals surface area contributed by atoms with Crippen LogP contribution in [-0.2, 0) is 20.3 Å². The summed E-state index contributed by atoms with van der Waals surface area (Å²) < 4.78 is 28.4. The standard InChI is InChI=1S/C14H17NO4S/c1-11(2)19-14(16)13-6-4-12(5-7-13)10-20(17,18)9-3-8-15/h4-7,11H,3,9-10H2,1-2H3. The van der Waals surface area contributed by atoms with Crippen LogP contribution < -0.4 is 0 Å². The van der Waals surface area contributed by atoms with E-state index in [2.05, 4.69) is 0 Å². The fraction of sp³-hybridized carbons (Fsp3) is 0.429. The van der Waals surface area contributed by atoms with E-state index in [0.29, 0.717) is 11.1 Å². The largest absolute Gasteiger partial charge is 0.459 e. The van der Waals surface area contributed by atoms with Gasteiger partial charge in [-0.2, -0.15) is 5.26 Å². The molecular formula is C14H17NO4S. The number of esters is 1. The van der Waals surface area contributed by atoms with Crippen LogP contribution in [0.15, 0.2) is 24.3 Å². The van der Waals surface area contributed by atoms with E-state index >= 15 is 0 Å². The number of carbonyl (C=O) groups is 1. The molecule has 5 nitrogen and oxygen atoms in total. The van der Waals surface area contributed by atoms with Crippen molar-refractivity contribution in [3.8, 4) is 6.07 Å². The molecule has 0 unspecified atom stereocenters. The van der Waals surface area contributed by atoms with Crippen LogP contribution in [0.1, 0.15) is 36.2 Å². The van der Waals surface area contributed by atoms with Gasteiger partial charge in [0.15, 0.2) is 9.84 Å². The normalized spacial score (nSPS) is 11.1. The minimum atomic E-state index is -3.29. The van der Waals surface area contributed by atoms with Gasteiger partial charge in [0.25, 0.3) is 0 Å². The summed E-state index contributed by atoms with van der Waals surface area (Å²) in [6.07, 6.45) is -0.213. The Morgan fingerprint density at radius 3 is 2.40 bits per heavy atom. The smallest absolute Gasteiger partial charge is 0.338 e. The molecule has 0 fully saturated rings. The summed E-state index contributed by atoms with van der Waals surface area (Å²) in [5.41, 5.74) is 0.973. The van der Waals surface area contributed by atoms with Gasteiger partial charge in [0, 0.05) is 6.42 Å². The summed E-state index contributed by atoms with van der Waals surface area (Å²) in [4.78, 5) is 11.6. The first-order chi connectivity index (χ1) is 9.34. The number of benzene rings is 1. The zero-order chi connectivity index (χ0) is 15.2. The molecule has 0 radical (unpaired) electrons. The predicted molar refractivity (Wildman–Crippen MR) is 74.7 cm³/mol. The molecule has 0 bridgehead atoms. The summed E-state index contributed by atoms with van der Waals surface area (Å²) in [7, 11) is -3.29. The molecule has 0 saturated carbocycles. The first kappa shape index (κ1) is 16.2. The molecule has 1 rings (SSSR count). The minimum absolute atomic E-state index is 0.0128. The Morgan fingerprint density at radius 1 is 1.30 bits per heavy atom. The number of nitrogens with zero attached hydrogens (tertiary/aromatic N) is 1. The summed E-state index contributed by atoms with van der Waals surface area (Å²) >= 11 is 0. The summed E-state index contributed by atoms with van der Waals surface area (Å²) in [5, 5.41) is 8.40. The van der Waals surface area contributed by atoms with Crippen LogP contribution in [0.3, 0.4) is 0 Å². The lowest BCUT2D eigenvalue weighted by Gasteiger charge is -2.08. The Hall–Kier alpha value is -1.87. The highest BCUT2D eigenvalue weighted by Crippen LogP contribution is 2.11. The molecular weight excluding hydrogens is 278 g/mol. The molecule has 6 heteroatoms. The van der Waals surface area contributed by atoms with E-state index in [1.54, 1.807) is 38.1 Å². The maximum atomic E-state index is 11.7. The van der Waals surface area contributed by atoms with E-state index in [9.17, 15) is 13.2 Å². The van der Waals surface area contributed by atoms with Gasteiger partial charge in [-0.3, -0.25) is 0 Å². The number of hydrogen-bond acceptors (Lipinski definition) is 5. The highest BCUT2D eigenvalue weighted by Gasteiger charge is 2.13. The van der Waals surface area contributed by atoms with Crippen LogP contribution in [0.4, 0.5) is 0 Å². The molecule has 0 amide bonds. The monoisotopic (exact) mass is 295 g/mol. The first-order valence-electron chi connectivity index (χ1n) is 6.21. The average Bonchev–Trinajstić information content (AvgIpc) is 2.36. The molecule has 0 N–H and O–H groups in total. The summed E-state index contributed by atoms with van der Waals surface area (Å²) in [6.45, 7) is 3.52. The van der Waals surface area contributed by atoms with Crippen LogP contribution in [0.2, 0.25) is 0 Å². The van der Waals surface area contributed by atoms with Crippen LogP contribution in [0.25, 0.3) is 0 Å². The van der Waals surface area contributed by atoms with Gasteiger partial charge in [-0.15, -0.1) is 0 Å².